The first-order chi connectivity index (χ1) is 4.75. The minimum absolute atomic E-state index is 0.248. The van der Waals surface area contributed by atoms with Crippen LogP contribution in [0.25, 0.3) is 0 Å². The van der Waals surface area contributed by atoms with Gasteiger partial charge in [-0.15, -0.1) is 0 Å². The number of ether oxygens (including phenoxy) is 1. The smallest absolute Gasteiger partial charge is 0.0774 e. The fraction of sp³-hybridized carbons (Fsp3) is 1.00. The zero-order valence-corrected chi connectivity index (χ0v) is 7.53. The lowest BCUT2D eigenvalue weighted by atomic mass is 9.94. The van der Waals surface area contributed by atoms with E-state index >= 15 is 0 Å². The molecule has 1 fully saturated rings. The molecule has 10 heavy (non-hydrogen) atoms. The van der Waals surface area contributed by atoms with Crippen molar-refractivity contribution >= 4 is 12.8 Å². The van der Waals surface area contributed by atoms with Gasteiger partial charge >= 0.3 is 0 Å². The number of thiol groups is 1. The molecule has 1 saturated heterocycles. The third kappa shape index (κ3) is 1.18. The highest BCUT2D eigenvalue weighted by molar-refractivity contribution is 7.77. The summed E-state index contributed by atoms with van der Waals surface area (Å²) in [6.07, 6.45) is 1.13. The Labute approximate surface area is 68.1 Å². The standard InChI is InChI=1S/C7H15NOS/c1-3-7(5-9-6-7)8(10)4-2/h10H,3-6H2,1-2H3. The average molecular weight is 161 g/mol. The van der Waals surface area contributed by atoms with Gasteiger partial charge in [0.1, 0.15) is 0 Å². The van der Waals surface area contributed by atoms with E-state index in [1.807, 2.05) is 0 Å². The van der Waals surface area contributed by atoms with Gasteiger partial charge in [0, 0.05) is 6.54 Å². The minimum atomic E-state index is 0.248. The second-order valence-corrected chi connectivity index (χ2v) is 3.27. The Morgan fingerprint density at radius 2 is 2.10 bits per heavy atom. The predicted molar refractivity (Wildman–Crippen MR) is 45.2 cm³/mol. The molecule has 0 aliphatic carbocycles. The first-order valence-electron chi connectivity index (χ1n) is 3.79. The topological polar surface area (TPSA) is 12.5 Å². The fourth-order valence-electron chi connectivity index (χ4n) is 1.21. The zero-order chi connectivity index (χ0) is 7.61. The van der Waals surface area contributed by atoms with Crippen molar-refractivity contribution in [3.8, 4) is 0 Å². The van der Waals surface area contributed by atoms with Gasteiger partial charge in [-0.1, -0.05) is 26.7 Å². The fourth-order valence-corrected chi connectivity index (χ4v) is 1.47. The van der Waals surface area contributed by atoms with Crippen LogP contribution < -0.4 is 0 Å². The summed E-state index contributed by atoms with van der Waals surface area (Å²) < 4.78 is 7.24. The van der Waals surface area contributed by atoms with Crippen molar-refractivity contribution in [2.45, 2.75) is 25.8 Å². The van der Waals surface area contributed by atoms with Crippen LogP contribution in [0.5, 0.6) is 0 Å². The van der Waals surface area contributed by atoms with Gasteiger partial charge in [-0.25, -0.2) is 4.31 Å². The van der Waals surface area contributed by atoms with E-state index in [9.17, 15) is 0 Å². The molecule has 0 saturated carbocycles. The molecule has 0 spiro atoms. The van der Waals surface area contributed by atoms with Crippen LogP contribution >= 0.6 is 12.8 Å². The molecule has 1 aliphatic rings. The lowest BCUT2D eigenvalue weighted by molar-refractivity contribution is -0.108. The van der Waals surface area contributed by atoms with Crippen LogP contribution in [0.4, 0.5) is 0 Å². The molecule has 0 N–H and O–H groups in total. The zero-order valence-electron chi connectivity index (χ0n) is 6.63. The quantitative estimate of drug-likeness (QED) is 0.627. The van der Waals surface area contributed by atoms with Crippen molar-refractivity contribution in [1.29, 1.82) is 0 Å². The summed E-state index contributed by atoms with van der Waals surface area (Å²) in [5, 5.41) is 0. The van der Waals surface area contributed by atoms with E-state index in [1.165, 1.54) is 0 Å². The summed E-state index contributed by atoms with van der Waals surface area (Å²) in [4.78, 5) is 0. The Hall–Kier alpha value is 0.270. The highest BCUT2D eigenvalue weighted by atomic mass is 32.1. The molecule has 3 heteroatoms. The Morgan fingerprint density at radius 1 is 1.50 bits per heavy atom. The minimum Gasteiger partial charge on any atom is -0.377 e. The maximum Gasteiger partial charge on any atom is 0.0774 e. The maximum absolute atomic E-state index is 5.16. The highest BCUT2D eigenvalue weighted by Gasteiger charge is 2.40. The summed E-state index contributed by atoms with van der Waals surface area (Å²) in [6.45, 7) is 6.98. The number of nitrogens with zero attached hydrogens (tertiary/aromatic N) is 1. The molecular weight excluding hydrogens is 146 g/mol. The van der Waals surface area contributed by atoms with Crippen molar-refractivity contribution < 1.29 is 4.74 Å². The molecular formula is C7H15NOS. The van der Waals surface area contributed by atoms with E-state index in [4.69, 9.17) is 4.74 Å². The van der Waals surface area contributed by atoms with Crippen LogP contribution in [0, 0.1) is 0 Å². The Morgan fingerprint density at radius 3 is 2.20 bits per heavy atom. The third-order valence-electron chi connectivity index (χ3n) is 2.25. The monoisotopic (exact) mass is 161 g/mol. The molecule has 0 aromatic rings. The second kappa shape index (κ2) is 3.11. The number of hydrogen-bond acceptors (Lipinski definition) is 3. The van der Waals surface area contributed by atoms with Crippen LogP contribution in [0.3, 0.4) is 0 Å². The van der Waals surface area contributed by atoms with E-state index in [0.717, 1.165) is 26.2 Å². The Kier molecular flexibility index (Phi) is 2.61. The normalized spacial score (nSPS) is 22.8. The van der Waals surface area contributed by atoms with Crippen molar-refractivity contribution in [2.75, 3.05) is 19.8 Å². The molecule has 0 radical (unpaired) electrons. The van der Waals surface area contributed by atoms with Gasteiger partial charge in [-0.3, -0.25) is 0 Å². The molecule has 0 unspecified atom stereocenters. The van der Waals surface area contributed by atoms with E-state index in [-0.39, 0.29) is 5.54 Å². The van der Waals surface area contributed by atoms with Crippen LogP contribution in [-0.2, 0) is 4.74 Å². The second-order valence-electron chi connectivity index (χ2n) is 2.79. The first kappa shape index (κ1) is 8.37. The molecule has 0 atom stereocenters. The Bertz CT molecular complexity index is 109. The lowest BCUT2D eigenvalue weighted by Crippen LogP contribution is -2.58. The van der Waals surface area contributed by atoms with Crippen LogP contribution in [-0.4, -0.2) is 29.6 Å². The van der Waals surface area contributed by atoms with Gasteiger partial charge < -0.3 is 4.74 Å². The van der Waals surface area contributed by atoms with Crippen molar-refractivity contribution in [3.63, 3.8) is 0 Å². The molecule has 60 valence electrons. The van der Waals surface area contributed by atoms with Crippen LogP contribution in [0.15, 0.2) is 0 Å². The summed E-state index contributed by atoms with van der Waals surface area (Å²) >= 11 is 4.38. The van der Waals surface area contributed by atoms with E-state index < -0.39 is 0 Å². The molecule has 0 aromatic carbocycles. The number of hydrogen-bond donors (Lipinski definition) is 1. The van der Waals surface area contributed by atoms with Gasteiger partial charge in [0.15, 0.2) is 0 Å². The molecule has 0 bridgehead atoms. The van der Waals surface area contributed by atoms with Crippen molar-refractivity contribution in [2.24, 2.45) is 0 Å². The predicted octanol–water partition coefficient (Wildman–Crippen LogP) is 1.33. The molecule has 1 heterocycles. The lowest BCUT2D eigenvalue weighted by Gasteiger charge is -2.46. The highest BCUT2D eigenvalue weighted by Crippen LogP contribution is 2.29. The maximum atomic E-state index is 5.16. The SMILES string of the molecule is CCN(S)C1(CC)COC1. The summed E-state index contributed by atoms with van der Waals surface area (Å²) in [6, 6.07) is 0. The molecule has 2 nitrogen and oxygen atoms in total. The van der Waals surface area contributed by atoms with Crippen LogP contribution in [0.2, 0.25) is 0 Å². The Balaban J connectivity index is 2.46. The third-order valence-corrected chi connectivity index (χ3v) is 2.95. The molecule has 0 amide bonds. The molecule has 1 rings (SSSR count). The molecule has 1 aliphatic heterocycles. The van der Waals surface area contributed by atoms with E-state index in [0.29, 0.717) is 0 Å². The van der Waals surface area contributed by atoms with Crippen molar-refractivity contribution in [1.82, 2.24) is 4.31 Å². The summed E-state index contributed by atoms with van der Waals surface area (Å²) in [5.41, 5.74) is 0.248. The van der Waals surface area contributed by atoms with E-state index in [1.54, 1.807) is 0 Å². The summed E-state index contributed by atoms with van der Waals surface area (Å²) in [5.74, 6) is 0. The van der Waals surface area contributed by atoms with Crippen LogP contribution in [0.1, 0.15) is 20.3 Å². The summed E-state index contributed by atoms with van der Waals surface area (Å²) in [7, 11) is 0. The first-order valence-corrected chi connectivity index (χ1v) is 4.19. The van der Waals surface area contributed by atoms with Gasteiger partial charge in [-0.05, 0) is 6.42 Å². The average Bonchev–Trinajstić information content (AvgIpc) is 1.86. The number of likely N-dealkylation sites (N-methyl/N-ethyl adjacent to an activating group) is 1. The molecule has 0 aromatic heterocycles. The van der Waals surface area contributed by atoms with Gasteiger partial charge in [-0.2, -0.15) is 0 Å². The van der Waals surface area contributed by atoms with Gasteiger partial charge in [0.25, 0.3) is 0 Å². The van der Waals surface area contributed by atoms with Gasteiger partial charge in [0.05, 0.1) is 18.8 Å². The largest absolute Gasteiger partial charge is 0.377 e. The number of rotatable bonds is 3. The van der Waals surface area contributed by atoms with Gasteiger partial charge in [0.2, 0.25) is 0 Å². The van der Waals surface area contributed by atoms with Crippen molar-refractivity contribution in [3.05, 3.63) is 0 Å². The van der Waals surface area contributed by atoms with E-state index in [2.05, 4.69) is 31.0 Å².